The van der Waals surface area contributed by atoms with Crippen LogP contribution in [-0.2, 0) is 6.42 Å². The van der Waals surface area contributed by atoms with E-state index in [-0.39, 0.29) is 0 Å². The van der Waals surface area contributed by atoms with E-state index >= 15 is 0 Å². The molecule has 0 amide bonds. The smallest absolute Gasteiger partial charge is 0.178 e. The van der Waals surface area contributed by atoms with Gasteiger partial charge in [0.25, 0.3) is 0 Å². The summed E-state index contributed by atoms with van der Waals surface area (Å²) in [6.07, 6.45) is 6.02. The lowest BCUT2D eigenvalue weighted by Crippen LogP contribution is -2.29. The van der Waals surface area contributed by atoms with Crippen LogP contribution in [0.1, 0.15) is 5.56 Å². The van der Waals surface area contributed by atoms with Crippen LogP contribution in [0.25, 0.3) is 0 Å². The molecule has 2 rings (SSSR count). The SMILES string of the molecule is S=C(NCCc1ccccc1Cl)n1ccnc1. The molecule has 0 aliphatic carbocycles. The summed E-state index contributed by atoms with van der Waals surface area (Å²) in [6.45, 7) is 0.751. The Balaban J connectivity index is 1.84. The van der Waals surface area contributed by atoms with Crippen LogP contribution in [0.5, 0.6) is 0 Å². The zero-order valence-corrected chi connectivity index (χ0v) is 10.7. The highest BCUT2D eigenvalue weighted by atomic mass is 35.5. The number of thiocarbonyl (C=S) groups is 1. The molecule has 0 atom stereocenters. The molecule has 5 heteroatoms. The van der Waals surface area contributed by atoms with Crippen molar-refractivity contribution >= 4 is 28.9 Å². The van der Waals surface area contributed by atoms with Crippen LogP contribution < -0.4 is 5.32 Å². The fraction of sp³-hybridized carbons (Fsp3) is 0.167. The number of imidazole rings is 1. The number of hydrogen-bond donors (Lipinski definition) is 1. The van der Waals surface area contributed by atoms with Gasteiger partial charge in [-0.15, -0.1) is 0 Å². The first-order chi connectivity index (χ1) is 8.27. The van der Waals surface area contributed by atoms with Crippen LogP contribution in [0.3, 0.4) is 0 Å². The quantitative estimate of drug-likeness (QED) is 0.865. The molecule has 0 radical (unpaired) electrons. The minimum absolute atomic E-state index is 0.648. The Labute approximate surface area is 110 Å². The Kier molecular flexibility index (Phi) is 4.12. The number of rotatable bonds is 3. The van der Waals surface area contributed by atoms with Crippen molar-refractivity contribution in [3.63, 3.8) is 0 Å². The molecule has 17 heavy (non-hydrogen) atoms. The van der Waals surface area contributed by atoms with Crippen molar-refractivity contribution in [1.29, 1.82) is 0 Å². The molecule has 0 saturated heterocycles. The van der Waals surface area contributed by atoms with Gasteiger partial charge in [-0.25, -0.2) is 4.98 Å². The van der Waals surface area contributed by atoms with E-state index in [1.54, 1.807) is 17.1 Å². The normalized spacial score (nSPS) is 10.2. The van der Waals surface area contributed by atoms with Gasteiger partial charge in [0, 0.05) is 24.0 Å². The lowest BCUT2D eigenvalue weighted by Gasteiger charge is -2.08. The van der Waals surface area contributed by atoms with Gasteiger partial charge in [0.2, 0.25) is 0 Å². The van der Waals surface area contributed by atoms with Gasteiger partial charge >= 0.3 is 0 Å². The Morgan fingerprint density at radius 3 is 2.94 bits per heavy atom. The van der Waals surface area contributed by atoms with E-state index in [9.17, 15) is 0 Å². The summed E-state index contributed by atoms with van der Waals surface area (Å²) in [4.78, 5) is 3.94. The third-order valence-corrected chi connectivity index (χ3v) is 3.09. The predicted octanol–water partition coefficient (Wildman–Crippen LogP) is 2.50. The lowest BCUT2D eigenvalue weighted by molar-refractivity contribution is 0.848. The maximum absolute atomic E-state index is 6.06. The molecule has 1 aromatic heterocycles. The van der Waals surface area contributed by atoms with E-state index < -0.39 is 0 Å². The monoisotopic (exact) mass is 265 g/mol. The van der Waals surface area contributed by atoms with Crippen LogP contribution in [-0.4, -0.2) is 21.2 Å². The standard InChI is InChI=1S/C12H12ClN3S/c13-11-4-2-1-3-10(11)5-6-15-12(17)16-8-7-14-9-16/h1-4,7-9H,5-6H2,(H,15,17). The summed E-state index contributed by atoms with van der Waals surface area (Å²) in [5, 5.41) is 4.60. The Morgan fingerprint density at radius 1 is 1.41 bits per heavy atom. The van der Waals surface area contributed by atoms with Crippen molar-refractivity contribution in [2.24, 2.45) is 0 Å². The fourth-order valence-electron chi connectivity index (χ4n) is 1.48. The fourth-order valence-corrected chi connectivity index (χ4v) is 1.92. The molecule has 3 nitrogen and oxygen atoms in total. The zero-order valence-electron chi connectivity index (χ0n) is 9.14. The first kappa shape index (κ1) is 12.1. The lowest BCUT2D eigenvalue weighted by atomic mass is 10.1. The van der Waals surface area contributed by atoms with Crippen molar-refractivity contribution in [3.8, 4) is 0 Å². The number of nitrogens with zero attached hydrogens (tertiary/aromatic N) is 2. The van der Waals surface area contributed by atoms with Crippen LogP contribution >= 0.6 is 23.8 Å². The number of halogens is 1. The number of benzene rings is 1. The van der Waals surface area contributed by atoms with E-state index in [2.05, 4.69) is 10.3 Å². The molecule has 1 N–H and O–H groups in total. The summed E-state index contributed by atoms with van der Waals surface area (Å²) in [6, 6.07) is 7.82. The van der Waals surface area contributed by atoms with Gasteiger partial charge in [0.15, 0.2) is 5.11 Å². The minimum atomic E-state index is 0.648. The maximum Gasteiger partial charge on any atom is 0.178 e. The van der Waals surface area contributed by atoms with Crippen molar-refractivity contribution in [2.45, 2.75) is 6.42 Å². The molecular formula is C12H12ClN3S. The third-order valence-electron chi connectivity index (χ3n) is 2.37. The van der Waals surface area contributed by atoms with Crippen LogP contribution in [0.2, 0.25) is 5.02 Å². The van der Waals surface area contributed by atoms with Gasteiger partial charge < -0.3 is 5.32 Å². The molecule has 0 aliphatic rings. The second kappa shape index (κ2) is 5.80. The topological polar surface area (TPSA) is 29.9 Å². The summed E-state index contributed by atoms with van der Waals surface area (Å²) < 4.78 is 1.77. The van der Waals surface area contributed by atoms with Gasteiger partial charge in [0.1, 0.15) is 6.33 Å². The average Bonchev–Trinajstić information content (AvgIpc) is 2.85. The predicted molar refractivity (Wildman–Crippen MR) is 73.4 cm³/mol. The summed E-state index contributed by atoms with van der Waals surface area (Å²) >= 11 is 11.3. The van der Waals surface area contributed by atoms with Gasteiger partial charge in [0.05, 0.1) is 0 Å². The molecule has 1 heterocycles. The van der Waals surface area contributed by atoms with E-state index in [0.717, 1.165) is 23.6 Å². The Morgan fingerprint density at radius 2 is 2.24 bits per heavy atom. The zero-order chi connectivity index (χ0) is 12.1. The molecule has 2 aromatic rings. The highest BCUT2D eigenvalue weighted by molar-refractivity contribution is 7.80. The summed E-state index contributed by atoms with van der Waals surface area (Å²) in [5.74, 6) is 0. The van der Waals surface area contributed by atoms with Crippen molar-refractivity contribution in [3.05, 3.63) is 53.6 Å². The second-order valence-electron chi connectivity index (χ2n) is 3.54. The molecule has 0 unspecified atom stereocenters. The first-order valence-corrected chi connectivity index (χ1v) is 6.05. The van der Waals surface area contributed by atoms with E-state index in [1.807, 2.05) is 30.5 Å². The van der Waals surface area contributed by atoms with Crippen LogP contribution in [0.15, 0.2) is 43.0 Å². The second-order valence-corrected chi connectivity index (χ2v) is 4.34. The highest BCUT2D eigenvalue weighted by Gasteiger charge is 2.00. The highest BCUT2D eigenvalue weighted by Crippen LogP contribution is 2.14. The molecule has 0 saturated carbocycles. The van der Waals surface area contributed by atoms with Gasteiger partial charge in [-0.2, -0.15) is 0 Å². The molecule has 0 spiro atoms. The average molecular weight is 266 g/mol. The van der Waals surface area contributed by atoms with Crippen LogP contribution in [0.4, 0.5) is 0 Å². The largest absolute Gasteiger partial charge is 0.362 e. The number of nitrogens with one attached hydrogen (secondary N) is 1. The molecule has 0 fully saturated rings. The Hall–Kier alpha value is -1.39. The molecule has 0 aliphatic heterocycles. The molecule has 88 valence electrons. The number of aromatic nitrogens is 2. The van der Waals surface area contributed by atoms with Gasteiger partial charge in [-0.3, -0.25) is 4.57 Å². The van der Waals surface area contributed by atoms with Crippen LogP contribution in [0, 0.1) is 0 Å². The number of hydrogen-bond acceptors (Lipinski definition) is 2. The third kappa shape index (κ3) is 3.28. The molecule has 1 aromatic carbocycles. The van der Waals surface area contributed by atoms with Crippen molar-refractivity contribution in [2.75, 3.05) is 6.54 Å². The summed E-state index contributed by atoms with van der Waals surface area (Å²) in [7, 11) is 0. The van der Waals surface area contributed by atoms with E-state index in [4.69, 9.17) is 23.8 Å². The van der Waals surface area contributed by atoms with E-state index in [0.29, 0.717) is 5.11 Å². The van der Waals surface area contributed by atoms with Gasteiger partial charge in [-0.05, 0) is 30.3 Å². The van der Waals surface area contributed by atoms with Gasteiger partial charge in [-0.1, -0.05) is 29.8 Å². The minimum Gasteiger partial charge on any atom is -0.362 e. The van der Waals surface area contributed by atoms with Crippen molar-refractivity contribution in [1.82, 2.24) is 14.9 Å². The Bertz CT molecular complexity index is 496. The van der Waals surface area contributed by atoms with E-state index in [1.165, 1.54) is 0 Å². The van der Waals surface area contributed by atoms with Crippen molar-refractivity contribution < 1.29 is 0 Å². The first-order valence-electron chi connectivity index (χ1n) is 5.27. The molecule has 0 bridgehead atoms. The maximum atomic E-state index is 6.06. The summed E-state index contributed by atoms with van der Waals surface area (Å²) in [5.41, 5.74) is 1.12. The molecular weight excluding hydrogens is 254 g/mol.